The summed E-state index contributed by atoms with van der Waals surface area (Å²) in [5, 5.41) is 2.87. The van der Waals surface area contributed by atoms with Gasteiger partial charge in [-0.15, -0.1) is 12.6 Å². The number of carbonyl (C=O) groups is 2. The standard InChI is InChI=1S/C14H16N2O2S/c17-12-7-14(8-15-12)5-6-16(9-14)13(18)10-3-1-2-4-11(10)19/h1-4,19H,5-9H2,(H,15,17). The van der Waals surface area contributed by atoms with Crippen molar-refractivity contribution < 1.29 is 9.59 Å². The summed E-state index contributed by atoms with van der Waals surface area (Å²) in [7, 11) is 0. The lowest BCUT2D eigenvalue weighted by molar-refractivity contribution is -0.119. The molecule has 4 nitrogen and oxygen atoms in total. The molecule has 1 aromatic rings. The molecule has 2 aliphatic rings. The molecule has 2 saturated heterocycles. The monoisotopic (exact) mass is 276 g/mol. The molecule has 2 amide bonds. The number of thiol groups is 1. The maximum Gasteiger partial charge on any atom is 0.255 e. The molecule has 2 fully saturated rings. The molecule has 0 aliphatic carbocycles. The molecule has 1 N–H and O–H groups in total. The minimum absolute atomic E-state index is 0.0156. The smallest absolute Gasteiger partial charge is 0.255 e. The largest absolute Gasteiger partial charge is 0.355 e. The van der Waals surface area contributed by atoms with Crippen molar-refractivity contribution in [3.8, 4) is 0 Å². The third-order valence-corrected chi connectivity index (χ3v) is 4.45. The first-order valence-electron chi connectivity index (χ1n) is 6.44. The van der Waals surface area contributed by atoms with E-state index in [0.29, 0.717) is 30.0 Å². The first-order valence-corrected chi connectivity index (χ1v) is 6.88. The van der Waals surface area contributed by atoms with Gasteiger partial charge >= 0.3 is 0 Å². The van der Waals surface area contributed by atoms with E-state index >= 15 is 0 Å². The van der Waals surface area contributed by atoms with Crippen molar-refractivity contribution in [2.75, 3.05) is 19.6 Å². The van der Waals surface area contributed by atoms with Crippen LogP contribution in [0.25, 0.3) is 0 Å². The SMILES string of the molecule is O=C1CC2(CCN(C(=O)c3ccccc3S)C2)CN1. The van der Waals surface area contributed by atoms with Gasteiger partial charge in [0.25, 0.3) is 5.91 Å². The summed E-state index contributed by atoms with van der Waals surface area (Å²) >= 11 is 4.33. The van der Waals surface area contributed by atoms with Crippen molar-refractivity contribution in [1.82, 2.24) is 10.2 Å². The van der Waals surface area contributed by atoms with Crippen LogP contribution in [0.1, 0.15) is 23.2 Å². The third-order valence-electron chi connectivity index (χ3n) is 4.06. The second-order valence-corrected chi connectivity index (χ2v) is 5.93. The molecule has 100 valence electrons. The van der Waals surface area contributed by atoms with Gasteiger partial charge in [0, 0.05) is 36.4 Å². The van der Waals surface area contributed by atoms with Crippen LogP contribution in [0.2, 0.25) is 0 Å². The van der Waals surface area contributed by atoms with E-state index in [9.17, 15) is 9.59 Å². The van der Waals surface area contributed by atoms with Crippen LogP contribution in [0.4, 0.5) is 0 Å². The summed E-state index contributed by atoms with van der Waals surface area (Å²) in [5.74, 6) is 0.116. The van der Waals surface area contributed by atoms with Gasteiger partial charge in [-0.1, -0.05) is 12.1 Å². The molecule has 19 heavy (non-hydrogen) atoms. The fourth-order valence-corrected chi connectivity index (χ4v) is 3.23. The molecule has 1 unspecified atom stereocenters. The Labute approximate surface area is 117 Å². The molecule has 0 bridgehead atoms. The van der Waals surface area contributed by atoms with E-state index in [-0.39, 0.29) is 17.2 Å². The molecular weight excluding hydrogens is 260 g/mol. The predicted molar refractivity (Wildman–Crippen MR) is 74.3 cm³/mol. The van der Waals surface area contributed by atoms with Crippen LogP contribution in [0.5, 0.6) is 0 Å². The molecule has 0 radical (unpaired) electrons. The van der Waals surface area contributed by atoms with Crippen LogP contribution >= 0.6 is 12.6 Å². The van der Waals surface area contributed by atoms with Crippen molar-refractivity contribution in [1.29, 1.82) is 0 Å². The first kappa shape index (κ1) is 12.5. The van der Waals surface area contributed by atoms with E-state index in [1.807, 2.05) is 23.1 Å². The van der Waals surface area contributed by atoms with E-state index in [0.717, 1.165) is 13.0 Å². The molecule has 1 spiro atoms. The van der Waals surface area contributed by atoms with Crippen LogP contribution in [-0.4, -0.2) is 36.3 Å². The van der Waals surface area contributed by atoms with Crippen molar-refractivity contribution in [2.45, 2.75) is 17.7 Å². The number of rotatable bonds is 1. The fourth-order valence-electron chi connectivity index (χ4n) is 2.97. The minimum Gasteiger partial charge on any atom is -0.355 e. The topological polar surface area (TPSA) is 49.4 Å². The summed E-state index contributed by atoms with van der Waals surface area (Å²) in [4.78, 5) is 26.4. The number of hydrogen-bond acceptors (Lipinski definition) is 3. The fraction of sp³-hybridized carbons (Fsp3) is 0.429. The zero-order chi connectivity index (χ0) is 13.5. The Morgan fingerprint density at radius 2 is 2.16 bits per heavy atom. The third kappa shape index (κ3) is 2.23. The molecule has 1 aromatic carbocycles. The first-order chi connectivity index (χ1) is 9.10. The van der Waals surface area contributed by atoms with Gasteiger partial charge in [-0.05, 0) is 18.6 Å². The number of amides is 2. The Morgan fingerprint density at radius 3 is 2.84 bits per heavy atom. The van der Waals surface area contributed by atoms with E-state index in [1.165, 1.54) is 0 Å². The second kappa shape index (κ2) is 4.56. The predicted octanol–water partition coefficient (Wildman–Crippen LogP) is 1.33. The Balaban J connectivity index is 1.77. The van der Waals surface area contributed by atoms with Crippen LogP contribution in [0, 0.1) is 5.41 Å². The van der Waals surface area contributed by atoms with Crippen LogP contribution in [-0.2, 0) is 4.79 Å². The molecular formula is C14H16N2O2S. The van der Waals surface area contributed by atoms with Crippen molar-refractivity contribution in [3.63, 3.8) is 0 Å². The lowest BCUT2D eigenvalue weighted by Gasteiger charge is -2.22. The van der Waals surface area contributed by atoms with E-state index in [2.05, 4.69) is 17.9 Å². The van der Waals surface area contributed by atoms with E-state index in [4.69, 9.17) is 0 Å². The van der Waals surface area contributed by atoms with Gasteiger partial charge in [0.15, 0.2) is 0 Å². The normalized spacial score (nSPS) is 25.9. The Hall–Kier alpha value is -1.49. The van der Waals surface area contributed by atoms with Crippen molar-refractivity contribution >= 4 is 24.4 Å². The number of likely N-dealkylation sites (tertiary alicyclic amines) is 1. The summed E-state index contributed by atoms with van der Waals surface area (Å²) in [6, 6.07) is 7.33. The number of hydrogen-bond donors (Lipinski definition) is 2. The van der Waals surface area contributed by atoms with Crippen LogP contribution < -0.4 is 5.32 Å². The van der Waals surface area contributed by atoms with Gasteiger partial charge in [-0.25, -0.2) is 0 Å². The van der Waals surface area contributed by atoms with E-state index in [1.54, 1.807) is 6.07 Å². The second-order valence-electron chi connectivity index (χ2n) is 5.45. The Kier molecular flexibility index (Phi) is 3.01. The van der Waals surface area contributed by atoms with Gasteiger partial charge < -0.3 is 10.2 Å². The highest BCUT2D eigenvalue weighted by molar-refractivity contribution is 7.80. The zero-order valence-corrected chi connectivity index (χ0v) is 11.5. The molecule has 1 atom stereocenters. The summed E-state index contributed by atoms with van der Waals surface area (Å²) in [5.41, 5.74) is 0.596. The minimum atomic E-state index is -0.0434. The molecule has 0 aromatic heterocycles. The molecule has 2 heterocycles. The van der Waals surface area contributed by atoms with Crippen molar-refractivity contribution in [2.24, 2.45) is 5.41 Å². The summed E-state index contributed by atoms with van der Waals surface area (Å²) in [6.07, 6.45) is 1.44. The van der Waals surface area contributed by atoms with Gasteiger partial charge in [-0.3, -0.25) is 9.59 Å². The molecule has 0 saturated carbocycles. The quantitative estimate of drug-likeness (QED) is 0.760. The maximum absolute atomic E-state index is 12.5. The van der Waals surface area contributed by atoms with Crippen molar-refractivity contribution in [3.05, 3.63) is 29.8 Å². The Morgan fingerprint density at radius 1 is 1.37 bits per heavy atom. The molecule has 2 aliphatic heterocycles. The lowest BCUT2D eigenvalue weighted by atomic mass is 9.86. The highest BCUT2D eigenvalue weighted by atomic mass is 32.1. The van der Waals surface area contributed by atoms with Gasteiger partial charge in [0.2, 0.25) is 5.91 Å². The highest BCUT2D eigenvalue weighted by Crippen LogP contribution is 2.37. The average molecular weight is 276 g/mol. The highest BCUT2D eigenvalue weighted by Gasteiger charge is 2.45. The zero-order valence-electron chi connectivity index (χ0n) is 10.6. The number of nitrogens with one attached hydrogen (secondary N) is 1. The van der Waals surface area contributed by atoms with Gasteiger partial charge in [0.05, 0.1) is 5.56 Å². The summed E-state index contributed by atoms with van der Waals surface area (Å²) in [6.45, 7) is 2.07. The van der Waals surface area contributed by atoms with Crippen LogP contribution in [0.15, 0.2) is 29.2 Å². The van der Waals surface area contributed by atoms with Gasteiger partial charge in [0.1, 0.15) is 0 Å². The Bertz CT molecular complexity index is 546. The number of nitrogens with zero attached hydrogens (tertiary/aromatic N) is 1. The number of carbonyl (C=O) groups excluding carboxylic acids is 2. The summed E-state index contributed by atoms with van der Waals surface area (Å²) < 4.78 is 0. The molecule has 3 rings (SSSR count). The average Bonchev–Trinajstić information content (AvgIpc) is 2.97. The van der Waals surface area contributed by atoms with Gasteiger partial charge in [-0.2, -0.15) is 0 Å². The lowest BCUT2D eigenvalue weighted by Crippen LogP contribution is -2.33. The number of benzene rings is 1. The van der Waals surface area contributed by atoms with Crippen LogP contribution in [0.3, 0.4) is 0 Å². The van der Waals surface area contributed by atoms with E-state index < -0.39 is 0 Å². The molecule has 5 heteroatoms. The maximum atomic E-state index is 12.5.